The summed E-state index contributed by atoms with van der Waals surface area (Å²) >= 11 is 0. The van der Waals surface area contributed by atoms with Gasteiger partial charge < -0.3 is 15.8 Å². The summed E-state index contributed by atoms with van der Waals surface area (Å²) in [5, 5.41) is 9.51. The number of carbonyl (C=O) groups excluding carboxylic acids is 1. The topological polar surface area (TPSA) is 93.0 Å². The molecule has 1 aromatic heterocycles. The van der Waals surface area contributed by atoms with Gasteiger partial charge in [-0.2, -0.15) is 5.10 Å². The maximum Gasteiger partial charge on any atom is 0.407 e. The molecule has 6 heteroatoms. The molecular formula is C12H22N4O2. The molecule has 0 spiro atoms. The second-order valence-electron chi connectivity index (χ2n) is 5.59. The molecule has 0 aromatic carbocycles. The summed E-state index contributed by atoms with van der Waals surface area (Å²) in [6, 6.07) is 1.85. The first kappa shape index (κ1) is 14.5. The molecule has 0 bridgehead atoms. The zero-order chi connectivity index (χ0) is 13.8. The number of nitrogens with one attached hydrogen (secondary N) is 2. The third-order valence-corrected chi connectivity index (χ3v) is 2.62. The average Bonchev–Trinajstić information content (AvgIpc) is 2.77. The molecule has 18 heavy (non-hydrogen) atoms. The van der Waals surface area contributed by atoms with Crippen molar-refractivity contribution < 1.29 is 9.53 Å². The van der Waals surface area contributed by atoms with E-state index in [9.17, 15) is 4.79 Å². The predicted octanol–water partition coefficient (Wildman–Crippen LogP) is 1.15. The van der Waals surface area contributed by atoms with E-state index in [0.29, 0.717) is 13.1 Å². The van der Waals surface area contributed by atoms with E-state index in [0.717, 1.165) is 5.69 Å². The Kier molecular flexibility index (Phi) is 4.34. The zero-order valence-corrected chi connectivity index (χ0v) is 11.4. The average molecular weight is 254 g/mol. The standard InChI is InChI=1S/C12H22N4O2/c1-11(2,3)18-10(17)14-8-12(4,7-13)9-5-6-15-16-9/h5-6H,7-8,13H2,1-4H3,(H,14,17)(H,15,16). The van der Waals surface area contributed by atoms with Crippen LogP contribution in [0.1, 0.15) is 33.4 Å². The van der Waals surface area contributed by atoms with E-state index >= 15 is 0 Å². The number of rotatable bonds is 4. The minimum atomic E-state index is -0.503. The first-order chi connectivity index (χ1) is 8.27. The molecular weight excluding hydrogens is 232 g/mol. The molecule has 0 aliphatic carbocycles. The number of hydrogen-bond acceptors (Lipinski definition) is 4. The second kappa shape index (κ2) is 5.39. The van der Waals surface area contributed by atoms with Gasteiger partial charge in [-0.15, -0.1) is 0 Å². The van der Waals surface area contributed by atoms with Crippen LogP contribution < -0.4 is 11.1 Å². The number of nitrogens with two attached hydrogens (primary N) is 1. The highest BCUT2D eigenvalue weighted by molar-refractivity contribution is 5.67. The molecule has 1 rings (SSSR count). The van der Waals surface area contributed by atoms with Crippen LogP contribution in [0.4, 0.5) is 4.79 Å². The highest BCUT2D eigenvalue weighted by Crippen LogP contribution is 2.19. The Bertz CT molecular complexity index is 383. The number of H-pyrrole nitrogens is 1. The Balaban J connectivity index is 2.58. The first-order valence-corrected chi connectivity index (χ1v) is 5.94. The Morgan fingerprint density at radius 2 is 2.17 bits per heavy atom. The smallest absolute Gasteiger partial charge is 0.407 e. The van der Waals surface area contributed by atoms with Gasteiger partial charge in [0, 0.05) is 30.4 Å². The third-order valence-electron chi connectivity index (χ3n) is 2.62. The molecule has 102 valence electrons. The normalized spacial score (nSPS) is 14.9. The monoisotopic (exact) mass is 254 g/mol. The van der Waals surface area contributed by atoms with Crippen molar-refractivity contribution in [3.05, 3.63) is 18.0 Å². The summed E-state index contributed by atoms with van der Waals surface area (Å²) in [4.78, 5) is 11.6. The Morgan fingerprint density at radius 3 is 2.61 bits per heavy atom. The van der Waals surface area contributed by atoms with Gasteiger partial charge in [0.2, 0.25) is 0 Å². The number of alkyl carbamates (subject to hydrolysis) is 1. The number of nitrogens with zero attached hydrogens (tertiary/aromatic N) is 1. The maximum absolute atomic E-state index is 11.6. The molecule has 1 aromatic rings. The van der Waals surface area contributed by atoms with Crippen LogP contribution in [-0.4, -0.2) is 35.0 Å². The number of amides is 1. The highest BCUT2D eigenvalue weighted by atomic mass is 16.6. The minimum absolute atomic E-state index is 0.382. The van der Waals surface area contributed by atoms with Crippen molar-refractivity contribution >= 4 is 6.09 Å². The van der Waals surface area contributed by atoms with Gasteiger partial charge in [-0.05, 0) is 26.8 Å². The van der Waals surface area contributed by atoms with Crippen LogP contribution in [0.5, 0.6) is 0 Å². The van der Waals surface area contributed by atoms with Crippen molar-refractivity contribution in [3.63, 3.8) is 0 Å². The fourth-order valence-electron chi connectivity index (χ4n) is 1.45. The van der Waals surface area contributed by atoms with E-state index in [1.165, 1.54) is 0 Å². The van der Waals surface area contributed by atoms with Crippen LogP contribution in [0, 0.1) is 0 Å². The molecule has 0 saturated carbocycles. The largest absolute Gasteiger partial charge is 0.444 e. The Hall–Kier alpha value is -1.56. The second-order valence-corrected chi connectivity index (χ2v) is 5.59. The molecule has 0 fully saturated rings. The number of hydrogen-bond donors (Lipinski definition) is 3. The molecule has 0 saturated heterocycles. The van der Waals surface area contributed by atoms with Crippen LogP contribution in [0.15, 0.2) is 12.3 Å². The maximum atomic E-state index is 11.6. The lowest BCUT2D eigenvalue weighted by Gasteiger charge is -2.28. The Morgan fingerprint density at radius 1 is 1.50 bits per heavy atom. The van der Waals surface area contributed by atoms with Crippen molar-refractivity contribution in [1.29, 1.82) is 0 Å². The van der Waals surface area contributed by atoms with Gasteiger partial charge in [-0.1, -0.05) is 6.92 Å². The molecule has 1 atom stereocenters. The minimum Gasteiger partial charge on any atom is -0.444 e. The van der Waals surface area contributed by atoms with Crippen LogP contribution >= 0.6 is 0 Å². The molecule has 0 aliphatic rings. The SMILES string of the molecule is CC(C)(C)OC(=O)NCC(C)(CN)c1ccn[nH]1. The summed E-state index contributed by atoms with van der Waals surface area (Å²) in [6.45, 7) is 8.21. The fourth-order valence-corrected chi connectivity index (χ4v) is 1.45. The van der Waals surface area contributed by atoms with E-state index in [1.807, 2.05) is 33.8 Å². The molecule has 4 N–H and O–H groups in total. The highest BCUT2D eigenvalue weighted by Gasteiger charge is 2.28. The fraction of sp³-hybridized carbons (Fsp3) is 0.667. The molecule has 1 amide bonds. The third kappa shape index (κ3) is 4.03. The lowest BCUT2D eigenvalue weighted by Crippen LogP contribution is -2.45. The van der Waals surface area contributed by atoms with Gasteiger partial charge >= 0.3 is 6.09 Å². The van der Waals surface area contributed by atoms with Gasteiger partial charge in [-0.3, -0.25) is 5.10 Å². The van der Waals surface area contributed by atoms with Gasteiger partial charge in [0.15, 0.2) is 0 Å². The number of aromatic amines is 1. The molecule has 1 unspecified atom stereocenters. The van der Waals surface area contributed by atoms with Crippen molar-refractivity contribution in [3.8, 4) is 0 Å². The summed E-state index contributed by atoms with van der Waals surface area (Å²) in [7, 11) is 0. The van der Waals surface area contributed by atoms with Crippen LogP contribution in [0.2, 0.25) is 0 Å². The van der Waals surface area contributed by atoms with Crippen molar-refractivity contribution in [2.45, 2.75) is 38.7 Å². The van der Waals surface area contributed by atoms with Gasteiger partial charge in [0.1, 0.15) is 5.60 Å². The van der Waals surface area contributed by atoms with Crippen LogP contribution in [0.3, 0.4) is 0 Å². The van der Waals surface area contributed by atoms with E-state index in [2.05, 4.69) is 15.5 Å². The van der Waals surface area contributed by atoms with Gasteiger partial charge in [-0.25, -0.2) is 4.79 Å². The number of aromatic nitrogens is 2. The lowest BCUT2D eigenvalue weighted by atomic mass is 9.87. The number of ether oxygens (including phenoxy) is 1. The molecule has 0 radical (unpaired) electrons. The number of carbonyl (C=O) groups is 1. The molecule has 0 aliphatic heterocycles. The summed E-state index contributed by atoms with van der Waals surface area (Å²) in [5.74, 6) is 0. The van der Waals surface area contributed by atoms with E-state index in [1.54, 1.807) is 6.20 Å². The molecule has 6 nitrogen and oxygen atoms in total. The summed E-state index contributed by atoms with van der Waals surface area (Å²) in [6.07, 6.45) is 1.22. The van der Waals surface area contributed by atoms with Gasteiger partial charge in [0.25, 0.3) is 0 Å². The Labute approximate surface area is 107 Å². The van der Waals surface area contributed by atoms with Crippen LogP contribution in [-0.2, 0) is 10.2 Å². The first-order valence-electron chi connectivity index (χ1n) is 5.94. The van der Waals surface area contributed by atoms with Crippen molar-refractivity contribution in [2.24, 2.45) is 5.73 Å². The van der Waals surface area contributed by atoms with E-state index in [-0.39, 0.29) is 5.41 Å². The summed E-state index contributed by atoms with van der Waals surface area (Å²) < 4.78 is 5.18. The molecule has 1 heterocycles. The van der Waals surface area contributed by atoms with Crippen LogP contribution in [0.25, 0.3) is 0 Å². The summed E-state index contributed by atoms with van der Waals surface area (Å²) in [5.41, 5.74) is 5.78. The van der Waals surface area contributed by atoms with Gasteiger partial charge in [0.05, 0.1) is 0 Å². The predicted molar refractivity (Wildman–Crippen MR) is 69.2 cm³/mol. The van der Waals surface area contributed by atoms with E-state index in [4.69, 9.17) is 10.5 Å². The van der Waals surface area contributed by atoms with Crippen molar-refractivity contribution in [1.82, 2.24) is 15.5 Å². The van der Waals surface area contributed by atoms with Crippen molar-refractivity contribution in [2.75, 3.05) is 13.1 Å². The quantitative estimate of drug-likeness (QED) is 0.751. The van der Waals surface area contributed by atoms with E-state index < -0.39 is 11.7 Å². The zero-order valence-electron chi connectivity index (χ0n) is 11.4. The lowest BCUT2D eigenvalue weighted by molar-refractivity contribution is 0.0516.